The monoisotopic (exact) mass is 556 g/mol. The highest BCUT2D eigenvalue weighted by Gasteiger charge is 2.27. The van der Waals surface area contributed by atoms with E-state index in [1.165, 1.54) is 14.0 Å². The lowest BCUT2D eigenvalue weighted by Crippen LogP contribution is -2.27. The van der Waals surface area contributed by atoms with Gasteiger partial charge in [0.05, 0.1) is 30.1 Å². The molecule has 2 aromatic heterocycles. The number of carbonyl (C=O) groups excluding carboxylic acids is 2. The normalized spacial score (nSPS) is 11.0. The number of carbonyl (C=O) groups is 2. The molecule has 0 fully saturated rings. The fraction of sp³-hybridized carbons (Fsp3) is 0.136. The van der Waals surface area contributed by atoms with Crippen LogP contribution in [-0.2, 0) is 4.79 Å². The van der Waals surface area contributed by atoms with Gasteiger partial charge >= 0.3 is 0 Å². The van der Waals surface area contributed by atoms with Crippen molar-refractivity contribution in [3.63, 3.8) is 0 Å². The highest BCUT2D eigenvalue weighted by molar-refractivity contribution is 9.11. The van der Waals surface area contributed by atoms with E-state index in [9.17, 15) is 19.6 Å². The van der Waals surface area contributed by atoms with E-state index in [-0.39, 0.29) is 28.1 Å². The summed E-state index contributed by atoms with van der Waals surface area (Å²) in [6, 6.07) is 12.1. The Bertz CT molecular complexity index is 1530. The molecule has 4 rings (SSSR count). The maximum Gasteiger partial charge on any atom is 0.281 e. The van der Waals surface area contributed by atoms with Crippen LogP contribution in [0.4, 0.5) is 0 Å². The maximum atomic E-state index is 13.5. The molecule has 0 bridgehead atoms. The number of nitriles is 1. The molecule has 0 radical (unpaired) electrons. The zero-order chi connectivity index (χ0) is 23.2. The second-order valence-corrected chi connectivity index (χ2v) is 8.75. The van der Waals surface area contributed by atoms with E-state index >= 15 is 0 Å². The number of rotatable bonds is 4. The van der Waals surface area contributed by atoms with Gasteiger partial charge in [-0.05, 0) is 59.3 Å². The number of benzene rings is 2. The highest BCUT2D eigenvalue weighted by atomic mass is 79.9. The summed E-state index contributed by atoms with van der Waals surface area (Å²) in [5.74, 6) is -0.435. The molecule has 2 heterocycles. The lowest BCUT2D eigenvalue weighted by Gasteiger charge is -2.10. The van der Waals surface area contributed by atoms with Gasteiger partial charge in [0.2, 0.25) is 0 Å². The van der Waals surface area contributed by atoms with Crippen LogP contribution >= 0.6 is 31.9 Å². The molecule has 160 valence electrons. The fourth-order valence-electron chi connectivity index (χ4n) is 3.51. The van der Waals surface area contributed by atoms with Gasteiger partial charge < -0.3 is 4.74 Å². The predicted molar refractivity (Wildman–Crippen MR) is 125 cm³/mol. The van der Waals surface area contributed by atoms with E-state index in [2.05, 4.69) is 42.9 Å². The van der Waals surface area contributed by atoms with Crippen molar-refractivity contribution in [3.05, 3.63) is 61.3 Å². The molecule has 0 amide bonds. The van der Waals surface area contributed by atoms with Gasteiger partial charge in [-0.1, -0.05) is 15.9 Å². The van der Waals surface area contributed by atoms with E-state index in [1.807, 2.05) is 0 Å². The van der Waals surface area contributed by atoms with E-state index in [0.29, 0.717) is 25.8 Å². The Balaban J connectivity index is 2.21. The summed E-state index contributed by atoms with van der Waals surface area (Å²) >= 11 is 6.76. The summed E-state index contributed by atoms with van der Waals surface area (Å²) < 4.78 is 8.51. The lowest BCUT2D eigenvalue weighted by atomic mass is 10.1. The van der Waals surface area contributed by atoms with Gasteiger partial charge in [0.25, 0.3) is 11.5 Å². The van der Waals surface area contributed by atoms with Gasteiger partial charge in [-0.2, -0.15) is 9.78 Å². The molecule has 0 saturated carbocycles. The SMILES string of the molecule is COc1ccc(-c2c(C#N)c3nc4c(Br)cc(Br)cc4c(=O)n3n2C(=O)CC(C)=O)cc1. The van der Waals surface area contributed by atoms with Gasteiger partial charge in [0, 0.05) is 14.5 Å². The molecule has 0 aliphatic rings. The standard InChI is InChI=1S/C22H14Br2N4O4/c1-11(29)7-18(30)27-20(12-3-5-14(32-2)6-4-12)16(10-25)21-26-19-15(22(31)28(21)27)8-13(23)9-17(19)24/h3-6,8-9H,7H2,1-2H3. The van der Waals surface area contributed by atoms with Crippen LogP contribution in [0.25, 0.3) is 27.8 Å². The number of fused-ring (bicyclic) bond motifs is 2. The Hall–Kier alpha value is -3.29. The number of ether oxygens (including phenoxy) is 1. The molecule has 10 heteroatoms. The number of ketones is 1. The van der Waals surface area contributed by atoms with Crippen molar-refractivity contribution in [3.8, 4) is 23.1 Å². The summed E-state index contributed by atoms with van der Waals surface area (Å²) in [6.45, 7) is 1.28. The summed E-state index contributed by atoms with van der Waals surface area (Å²) in [5, 5.41) is 10.2. The minimum Gasteiger partial charge on any atom is -0.497 e. The average Bonchev–Trinajstić information content (AvgIpc) is 3.09. The Kier molecular flexibility index (Phi) is 5.71. The molecule has 0 saturated heterocycles. The number of halogens is 2. The Morgan fingerprint density at radius 3 is 2.47 bits per heavy atom. The molecule has 0 spiro atoms. The van der Waals surface area contributed by atoms with Gasteiger partial charge in [0.15, 0.2) is 5.65 Å². The number of hydrogen-bond donors (Lipinski definition) is 0. The van der Waals surface area contributed by atoms with Crippen LogP contribution in [0.5, 0.6) is 5.75 Å². The lowest BCUT2D eigenvalue weighted by molar-refractivity contribution is -0.116. The van der Waals surface area contributed by atoms with Gasteiger partial charge in [-0.15, -0.1) is 0 Å². The van der Waals surface area contributed by atoms with Crippen LogP contribution in [0.15, 0.2) is 50.1 Å². The topological polar surface area (TPSA) is 106 Å². The first-order chi connectivity index (χ1) is 15.3. The highest BCUT2D eigenvalue weighted by Crippen LogP contribution is 2.32. The van der Waals surface area contributed by atoms with Crippen molar-refractivity contribution in [2.45, 2.75) is 13.3 Å². The molecule has 4 aromatic rings. The number of nitrogens with zero attached hydrogens (tertiary/aromatic N) is 4. The Morgan fingerprint density at radius 2 is 1.88 bits per heavy atom. The van der Waals surface area contributed by atoms with Crippen molar-refractivity contribution in [1.29, 1.82) is 5.26 Å². The summed E-state index contributed by atoms with van der Waals surface area (Å²) in [4.78, 5) is 42.9. The molecule has 0 aliphatic carbocycles. The third-order valence-corrected chi connectivity index (χ3v) is 5.92. The van der Waals surface area contributed by atoms with Crippen molar-refractivity contribution in [1.82, 2.24) is 14.2 Å². The Morgan fingerprint density at radius 1 is 1.19 bits per heavy atom. The average molecular weight is 558 g/mol. The van der Waals surface area contributed by atoms with Crippen LogP contribution in [0.2, 0.25) is 0 Å². The van der Waals surface area contributed by atoms with Crippen molar-refractivity contribution in [2.75, 3.05) is 7.11 Å². The van der Waals surface area contributed by atoms with Crippen LogP contribution in [0.3, 0.4) is 0 Å². The van der Waals surface area contributed by atoms with E-state index < -0.39 is 17.9 Å². The molecule has 8 nitrogen and oxygen atoms in total. The van der Waals surface area contributed by atoms with Gasteiger partial charge in [-0.3, -0.25) is 14.4 Å². The number of methoxy groups -OCH3 is 1. The molecule has 0 unspecified atom stereocenters. The zero-order valence-electron chi connectivity index (χ0n) is 16.8. The van der Waals surface area contributed by atoms with Gasteiger partial charge in [0.1, 0.15) is 23.2 Å². The van der Waals surface area contributed by atoms with E-state index in [4.69, 9.17) is 4.74 Å². The van der Waals surface area contributed by atoms with Crippen LogP contribution < -0.4 is 10.3 Å². The second-order valence-electron chi connectivity index (χ2n) is 6.98. The molecule has 0 N–H and O–H groups in total. The summed E-state index contributed by atoms with van der Waals surface area (Å²) in [6.07, 6.45) is -0.440. The first-order valence-corrected chi connectivity index (χ1v) is 10.9. The van der Waals surface area contributed by atoms with Crippen LogP contribution in [0, 0.1) is 11.3 Å². The number of Topliss-reactive ketones (excluding diaryl/α,β-unsaturated/α-hetero) is 1. The number of aromatic nitrogens is 3. The quantitative estimate of drug-likeness (QED) is 0.345. The molecule has 0 aliphatic heterocycles. The van der Waals surface area contributed by atoms with Crippen LogP contribution in [-0.4, -0.2) is 33.0 Å². The summed E-state index contributed by atoms with van der Waals surface area (Å²) in [5.41, 5.74) is 0.550. The zero-order valence-corrected chi connectivity index (χ0v) is 20.0. The van der Waals surface area contributed by atoms with Gasteiger partial charge in [-0.25, -0.2) is 9.67 Å². The minimum atomic E-state index is -0.646. The number of hydrogen-bond acceptors (Lipinski definition) is 6. The predicted octanol–water partition coefficient (Wildman–Crippen LogP) is 4.34. The third kappa shape index (κ3) is 3.53. The third-order valence-electron chi connectivity index (χ3n) is 4.85. The van der Waals surface area contributed by atoms with Crippen molar-refractivity contribution >= 4 is 60.1 Å². The molecular weight excluding hydrogens is 544 g/mol. The second kappa shape index (κ2) is 8.33. The molecule has 0 atom stereocenters. The van der Waals surface area contributed by atoms with Crippen molar-refractivity contribution < 1.29 is 14.3 Å². The van der Waals surface area contributed by atoms with E-state index in [0.717, 1.165) is 9.20 Å². The Labute approximate surface area is 198 Å². The maximum absolute atomic E-state index is 13.5. The summed E-state index contributed by atoms with van der Waals surface area (Å²) in [7, 11) is 1.52. The van der Waals surface area contributed by atoms with E-state index in [1.54, 1.807) is 36.4 Å². The smallest absolute Gasteiger partial charge is 0.281 e. The molecule has 2 aromatic carbocycles. The first kappa shape index (κ1) is 21.9. The first-order valence-electron chi connectivity index (χ1n) is 9.30. The largest absolute Gasteiger partial charge is 0.497 e. The molecule has 32 heavy (non-hydrogen) atoms. The van der Waals surface area contributed by atoms with Crippen molar-refractivity contribution in [2.24, 2.45) is 0 Å². The molecular formula is C22H14Br2N4O4. The minimum absolute atomic E-state index is 0.0238. The van der Waals surface area contributed by atoms with Crippen LogP contribution in [0.1, 0.15) is 23.7 Å². The fourth-order valence-corrected chi connectivity index (χ4v) is 4.82.